The van der Waals surface area contributed by atoms with Crippen LogP contribution >= 0.6 is 23.4 Å². The number of thioether (sulfide) groups is 1. The van der Waals surface area contributed by atoms with Crippen LogP contribution in [-0.2, 0) is 4.79 Å². The molecule has 162 valence electrons. The summed E-state index contributed by atoms with van der Waals surface area (Å²) < 4.78 is 0. The van der Waals surface area contributed by atoms with Crippen LogP contribution in [0.2, 0.25) is 5.02 Å². The van der Waals surface area contributed by atoms with E-state index in [-0.39, 0.29) is 28.6 Å². The van der Waals surface area contributed by atoms with Gasteiger partial charge in [-0.1, -0.05) is 35.5 Å². The second-order valence-corrected chi connectivity index (χ2v) is 8.50. The third kappa shape index (κ3) is 4.90. The molecule has 3 rings (SSSR count). The van der Waals surface area contributed by atoms with Gasteiger partial charge in [0.05, 0.1) is 33.3 Å². The van der Waals surface area contributed by atoms with Gasteiger partial charge in [-0.05, 0) is 43.7 Å². The highest BCUT2D eigenvalue weighted by Crippen LogP contribution is 2.41. The minimum Gasteiger partial charge on any atom is -0.353 e. The van der Waals surface area contributed by atoms with Crippen molar-refractivity contribution in [2.24, 2.45) is 0 Å². The Morgan fingerprint density at radius 2 is 1.94 bits per heavy atom. The summed E-state index contributed by atoms with van der Waals surface area (Å²) in [5.74, 6) is -1.11. The molecule has 1 heterocycles. The van der Waals surface area contributed by atoms with Gasteiger partial charge >= 0.3 is 0 Å². The van der Waals surface area contributed by atoms with Crippen molar-refractivity contribution < 1.29 is 14.5 Å². The van der Waals surface area contributed by atoms with E-state index in [2.05, 4.69) is 11.4 Å². The quantitative estimate of drug-likeness (QED) is 0.340. The van der Waals surface area contributed by atoms with Crippen LogP contribution < -0.4 is 5.32 Å². The molecular formula is C23H18ClN3O4S. The molecule has 0 amide bonds. The molecule has 2 aromatic rings. The van der Waals surface area contributed by atoms with E-state index in [1.807, 2.05) is 0 Å². The second kappa shape index (κ2) is 9.81. The number of hydrogen-bond acceptors (Lipinski definition) is 7. The summed E-state index contributed by atoms with van der Waals surface area (Å²) in [7, 11) is 0. The molecule has 0 aromatic heterocycles. The summed E-state index contributed by atoms with van der Waals surface area (Å²) >= 11 is 7.02. The fraction of sp³-hybridized carbons (Fsp3) is 0.174. The van der Waals surface area contributed by atoms with Gasteiger partial charge in [0.15, 0.2) is 11.6 Å². The second-order valence-electron chi connectivity index (χ2n) is 7.08. The molecule has 0 bridgehead atoms. The van der Waals surface area contributed by atoms with Gasteiger partial charge in [0.25, 0.3) is 5.69 Å². The number of ketones is 2. The molecule has 1 N–H and O–H groups in total. The van der Waals surface area contributed by atoms with Crippen LogP contribution in [0.25, 0.3) is 0 Å². The highest BCUT2D eigenvalue weighted by Gasteiger charge is 2.34. The van der Waals surface area contributed by atoms with Gasteiger partial charge in [-0.15, -0.1) is 0 Å². The van der Waals surface area contributed by atoms with Crippen LogP contribution in [0.15, 0.2) is 70.4 Å². The van der Waals surface area contributed by atoms with Crippen molar-refractivity contribution in [3.8, 4) is 6.07 Å². The molecule has 0 fully saturated rings. The van der Waals surface area contributed by atoms with Crippen LogP contribution in [0.3, 0.4) is 0 Å². The van der Waals surface area contributed by atoms with Crippen molar-refractivity contribution in [2.75, 3.05) is 5.75 Å². The van der Waals surface area contributed by atoms with Crippen LogP contribution in [0.4, 0.5) is 5.69 Å². The number of dihydropyridines is 1. The third-order valence-corrected chi connectivity index (χ3v) is 6.22. The summed E-state index contributed by atoms with van der Waals surface area (Å²) in [6.45, 7) is 3.10. The number of Topliss-reactive ketones (excluding diaryl/α,β-unsaturated/α-hetero) is 2. The summed E-state index contributed by atoms with van der Waals surface area (Å²) in [4.78, 5) is 35.7. The minimum absolute atomic E-state index is 0.0550. The summed E-state index contributed by atoms with van der Waals surface area (Å²) in [5, 5.41) is 25.2. The molecule has 0 aliphatic carbocycles. The Bertz CT molecular complexity index is 1210. The topological polar surface area (TPSA) is 113 Å². The van der Waals surface area contributed by atoms with Gasteiger partial charge in [0, 0.05) is 34.0 Å². The predicted molar refractivity (Wildman–Crippen MR) is 123 cm³/mol. The zero-order valence-electron chi connectivity index (χ0n) is 17.2. The number of nitro groups is 1. The number of nitriles is 1. The fourth-order valence-electron chi connectivity index (χ4n) is 3.50. The Morgan fingerprint density at radius 1 is 1.25 bits per heavy atom. The Balaban J connectivity index is 1.99. The van der Waals surface area contributed by atoms with E-state index in [9.17, 15) is 25.0 Å². The molecular weight excluding hydrogens is 450 g/mol. The molecule has 1 aliphatic rings. The lowest BCUT2D eigenvalue weighted by molar-refractivity contribution is -0.384. The summed E-state index contributed by atoms with van der Waals surface area (Å²) in [5.41, 5.74) is 1.94. The first-order valence-electron chi connectivity index (χ1n) is 9.51. The lowest BCUT2D eigenvalue weighted by Gasteiger charge is -2.29. The molecule has 0 saturated carbocycles. The molecule has 2 aromatic carbocycles. The maximum Gasteiger partial charge on any atom is 0.269 e. The number of non-ortho nitro benzene ring substituents is 1. The first-order chi connectivity index (χ1) is 15.2. The number of allylic oxidation sites excluding steroid dienone is 3. The number of halogens is 1. The smallest absolute Gasteiger partial charge is 0.269 e. The van der Waals surface area contributed by atoms with E-state index in [1.54, 1.807) is 37.3 Å². The van der Waals surface area contributed by atoms with Crippen molar-refractivity contribution in [3.63, 3.8) is 0 Å². The highest BCUT2D eigenvalue weighted by atomic mass is 35.5. The number of nitro benzene ring substituents is 1. The molecule has 7 nitrogen and oxygen atoms in total. The van der Waals surface area contributed by atoms with E-state index in [0.717, 1.165) is 11.8 Å². The van der Waals surface area contributed by atoms with Crippen LogP contribution in [0, 0.1) is 21.4 Å². The molecule has 0 unspecified atom stereocenters. The maximum atomic E-state index is 12.6. The van der Waals surface area contributed by atoms with Gasteiger partial charge in [-0.3, -0.25) is 19.7 Å². The number of rotatable bonds is 7. The Hall–Kier alpha value is -3.41. The van der Waals surface area contributed by atoms with Crippen molar-refractivity contribution in [1.82, 2.24) is 5.32 Å². The van der Waals surface area contributed by atoms with Crippen molar-refractivity contribution in [3.05, 3.63) is 96.7 Å². The standard InChI is InChI=1S/C23H18ClN3O4S/c1-13-21(14(2)28)22(16-4-3-5-18(10-16)27(30)31)19(11-25)23(26-13)32-12-20(29)15-6-8-17(24)9-7-15/h3-10,22,26H,12H2,1-2H3/t22-/m0/s1. The maximum absolute atomic E-state index is 12.6. The molecule has 0 radical (unpaired) electrons. The van der Waals surface area contributed by atoms with E-state index < -0.39 is 10.8 Å². The summed E-state index contributed by atoms with van der Waals surface area (Å²) in [6, 6.07) is 14.5. The SMILES string of the molecule is CC(=O)C1=C(C)NC(SCC(=O)c2ccc(Cl)cc2)=C(C#N)[C@@H]1c1cccc([N+](=O)[O-])c1. The zero-order valence-corrected chi connectivity index (χ0v) is 18.8. The molecule has 0 spiro atoms. The fourth-order valence-corrected chi connectivity index (χ4v) is 4.61. The van der Waals surface area contributed by atoms with Crippen molar-refractivity contribution in [2.45, 2.75) is 19.8 Å². The predicted octanol–water partition coefficient (Wildman–Crippen LogP) is 5.15. The monoisotopic (exact) mass is 467 g/mol. The Kier molecular flexibility index (Phi) is 7.13. The summed E-state index contributed by atoms with van der Waals surface area (Å²) in [6.07, 6.45) is 0. The van der Waals surface area contributed by atoms with Gasteiger partial charge in [0.2, 0.25) is 0 Å². The largest absolute Gasteiger partial charge is 0.353 e. The number of nitrogens with zero attached hydrogens (tertiary/aromatic N) is 2. The van der Waals surface area contributed by atoms with Crippen molar-refractivity contribution >= 4 is 40.6 Å². The van der Waals surface area contributed by atoms with E-state index in [1.165, 1.54) is 25.1 Å². The third-order valence-electron chi connectivity index (χ3n) is 4.95. The van der Waals surface area contributed by atoms with Crippen LogP contribution in [-0.4, -0.2) is 22.2 Å². The minimum atomic E-state index is -0.771. The zero-order chi connectivity index (χ0) is 23.4. The van der Waals surface area contributed by atoms with E-state index in [4.69, 9.17) is 11.6 Å². The average Bonchev–Trinajstić information content (AvgIpc) is 2.77. The Labute approximate surface area is 193 Å². The van der Waals surface area contributed by atoms with E-state index >= 15 is 0 Å². The lowest BCUT2D eigenvalue weighted by atomic mass is 9.81. The number of benzene rings is 2. The molecule has 1 aliphatic heterocycles. The number of carbonyl (C=O) groups excluding carboxylic acids is 2. The normalized spacial score (nSPS) is 15.8. The van der Waals surface area contributed by atoms with Crippen LogP contribution in [0.5, 0.6) is 0 Å². The highest BCUT2D eigenvalue weighted by molar-refractivity contribution is 8.03. The lowest BCUT2D eigenvalue weighted by Crippen LogP contribution is -2.27. The van der Waals surface area contributed by atoms with Crippen LogP contribution in [0.1, 0.15) is 35.7 Å². The van der Waals surface area contributed by atoms with E-state index in [0.29, 0.717) is 32.4 Å². The van der Waals surface area contributed by atoms with Gasteiger partial charge in [-0.25, -0.2) is 0 Å². The van der Waals surface area contributed by atoms with Crippen molar-refractivity contribution in [1.29, 1.82) is 5.26 Å². The Morgan fingerprint density at radius 3 is 2.53 bits per heavy atom. The van der Waals surface area contributed by atoms with Gasteiger partial charge < -0.3 is 5.32 Å². The first-order valence-corrected chi connectivity index (χ1v) is 10.9. The van der Waals surface area contributed by atoms with Gasteiger partial charge in [0.1, 0.15) is 0 Å². The molecule has 1 atom stereocenters. The molecule has 9 heteroatoms. The number of carbonyl (C=O) groups is 2. The number of hydrogen-bond donors (Lipinski definition) is 1. The molecule has 0 saturated heterocycles. The van der Waals surface area contributed by atoms with Gasteiger partial charge in [-0.2, -0.15) is 5.26 Å². The number of nitrogens with one attached hydrogen (secondary N) is 1. The first kappa shape index (κ1) is 23.3. The molecule has 32 heavy (non-hydrogen) atoms. The average molecular weight is 468 g/mol.